The third kappa shape index (κ3) is 3.15. The Morgan fingerprint density at radius 1 is 1.43 bits per heavy atom. The van der Waals surface area contributed by atoms with E-state index in [-0.39, 0.29) is 22.9 Å². The van der Waals surface area contributed by atoms with Gasteiger partial charge in [0.1, 0.15) is 11.5 Å². The van der Waals surface area contributed by atoms with E-state index in [0.29, 0.717) is 11.7 Å². The van der Waals surface area contributed by atoms with Gasteiger partial charge in [0.25, 0.3) is 0 Å². The lowest BCUT2D eigenvalue weighted by Gasteiger charge is -2.24. The van der Waals surface area contributed by atoms with Crippen LogP contribution in [0.1, 0.15) is 31.0 Å². The van der Waals surface area contributed by atoms with Gasteiger partial charge >= 0.3 is 0 Å². The Balaban J connectivity index is 1.75. The van der Waals surface area contributed by atoms with Crippen molar-refractivity contribution in [1.82, 2.24) is 19.7 Å². The van der Waals surface area contributed by atoms with Crippen molar-refractivity contribution >= 4 is 10.0 Å². The van der Waals surface area contributed by atoms with Gasteiger partial charge in [-0.2, -0.15) is 0 Å². The average molecular weight is 338 g/mol. The normalized spacial score (nSPS) is 15.3. The van der Waals surface area contributed by atoms with E-state index in [1.165, 1.54) is 31.7 Å². The standard InChI is InChI=1S/C14H18N4O4S/c1-22-13-7-3-6-12(19)14(13)23(20,21)15-8-10-9-18(17-16-10)11-4-2-5-11/h3,6-7,9,11,15,19H,2,4-5,8H2,1H3. The van der Waals surface area contributed by atoms with Gasteiger partial charge in [0.05, 0.1) is 31.6 Å². The second kappa shape index (κ2) is 6.17. The zero-order chi connectivity index (χ0) is 16.4. The van der Waals surface area contributed by atoms with Gasteiger partial charge in [-0.3, -0.25) is 0 Å². The minimum Gasteiger partial charge on any atom is -0.506 e. The summed E-state index contributed by atoms with van der Waals surface area (Å²) in [6.07, 6.45) is 5.07. The molecule has 0 aliphatic heterocycles. The fourth-order valence-electron chi connectivity index (χ4n) is 2.40. The Hall–Kier alpha value is -2.13. The van der Waals surface area contributed by atoms with Crippen LogP contribution in [0.4, 0.5) is 0 Å². The molecule has 9 heteroatoms. The predicted octanol–water partition coefficient (Wildman–Crippen LogP) is 1.20. The topological polar surface area (TPSA) is 106 Å². The van der Waals surface area contributed by atoms with Gasteiger partial charge in [0.2, 0.25) is 10.0 Å². The molecule has 1 aromatic carbocycles. The van der Waals surface area contributed by atoms with Crippen LogP contribution >= 0.6 is 0 Å². The van der Waals surface area contributed by atoms with Gasteiger partial charge in [-0.15, -0.1) is 5.10 Å². The molecule has 0 radical (unpaired) electrons. The lowest BCUT2D eigenvalue weighted by molar-refractivity contribution is 0.284. The molecule has 1 aromatic heterocycles. The van der Waals surface area contributed by atoms with Crippen molar-refractivity contribution in [3.63, 3.8) is 0 Å². The molecule has 0 unspecified atom stereocenters. The van der Waals surface area contributed by atoms with Crippen LogP contribution < -0.4 is 9.46 Å². The largest absolute Gasteiger partial charge is 0.506 e. The molecule has 0 bridgehead atoms. The monoisotopic (exact) mass is 338 g/mol. The number of nitrogens with one attached hydrogen (secondary N) is 1. The zero-order valence-corrected chi connectivity index (χ0v) is 13.5. The third-order valence-electron chi connectivity index (χ3n) is 3.90. The van der Waals surface area contributed by atoms with Crippen molar-refractivity contribution in [2.45, 2.75) is 36.7 Å². The van der Waals surface area contributed by atoms with Crippen molar-refractivity contribution in [2.24, 2.45) is 0 Å². The van der Waals surface area contributed by atoms with Gasteiger partial charge < -0.3 is 9.84 Å². The van der Waals surface area contributed by atoms with E-state index in [2.05, 4.69) is 15.0 Å². The Morgan fingerprint density at radius 2 is 2.22 bits per heavy atom. The smallest absolute Gasteiger partial charge is 0.248 e. The van der Waals surface area contributed by atoms with Crippen molar-refractivity contribution < 1.29 is 18.3 Å². The number of ether oxygens (including phenoxy) is 1. The number of hydrogen-bond acceptors (Lipinski definition) is 6. The van der Waals surface area contributed by atoms with Crippen LogP contribution in [-0.4, -0.2) is 35.6 Å². The molecule has 1 heterocycles. The first-order valence-corrected chi connectivity index (χ1v) is 8.76. The van der Waals surface area contributed by atoms with Gasteiger partial charge in [-0.25, -0.2) is 17.8 Å². The Bertz CT molecular complexity index is 799. The molecule has 124 valence electrons. The highest BCUT2D eigenvalue weighted by atomic mass is 32.2. The van der Waals surface area contributed by atoms with Crippen molar-refractivity contribution in [3.8, 4) is 11.5 Å². The van der Waals surface area contributed by atoms with Crippen LogP contribution in [0.25, 0.3) is 0 Å². The SMILES string of the molecule is COc1cccc(O)c1S(=O)(=O)NCc1cn(C2CCC2)nn1. The lowest BCUT2D eigenvalue weighted by atomic mass is 9.93. The average Bonchev–Trinajstić information content (AvgIpc) is 2.91. The molecule has 0 saturated heterocycles. The first-order chi connectivity index (χ1) is 11.0. The molecule has 0 spiro atoms. The first kappa shape index (κ1) is 15.8. The highest BCUT2D eigenvalue weighted by Gasteiger charge is 2.25. The zero-order valence-electron chi connectivity index (χ0n) is 12.6. The molecule has 1 saturated carbocycles. The molecule has 1 aliphatic rings. The summed E-state index contributed by atoms with van der Waals surface area (Å²) in [6, 6.07) is 4.65. The van der Waals surface area contributed by atoms with E-state index < -0.39 is 10.0 Å². The second-order valence-corrected chi connectivity index (χ2v) is 7.11. The molecular formula is C14H18N4O4S. The number of sulfonamides is 1. The summed E-state index contributed by atoms with van der Waals surface area (Å²) in [6.45, 7) is -0.00740. The maximum Gasteiger partial charge on any atom is 0.248 e. The van der Waals surface area contributed by atoms with E-state index in [9.17, 15) is 13.5 Å². The molecule has 2 N–H and O–H groups in total. The molecule has 0 atom stereocenters. The van der Waals surface area contributed by atoms with Crippen LogP contribution in [0.5, 0.6) is 11.5 Å². The van der Waals surface area contributed by atoms with Crippen molar-refractivity contribution in [3.05, 3.63) is 30.1 Å². The lowest BCUT2D eigenvalue weighted by Crippen LogP contribution is -2.24. The third-order valence-corrected chi connectivity index (χ3v) is 5.37. The highest BCUT2D eigenvalue weighted by Crippen LogP contribution is 2.32. The number of phenolic OH excluding ortho intramolecular Hbond substituents is 1. The molecule has 2 aromatic rings. The first-order valence-electron chi connectivity index (χ1n) is 7.27. The number of phenols is 1. The van der Waals surface area contributed by atoms with Crippen molar-refractivity contribution in [1.29, 1.82) is 0 Å². The van der Waals surface area contributed by atoms with Crippen LogP contribution in [0.2, 0.25) is 0 Å². The van der Waals surface area contributed by atoms with E-state index in [4.69, 9.17) is 4.74 Å². The summed E-state index contributed by atoms with van der Waals surface area (Å²) in [7, 11) is -2.59. The number of methoxy groups -OCH3 is 1. The van der Waals surface area contributed by atoms with Crippen LogP contribution in [0.15, 0.2) is 29.3 Å². The number of nitrogens with zero attached hydrogens (tertiary/aromatic N) is 3. The summed E-state index contributed by atoms with van der Waals surface area (Å²) in [4.78, 5) is -0.283. The minimum absolute atomic E-state index is 0.00740. The fourth-order valence-corrected chi connectivity index (χ4v) is 3.64. The second-order valence-electron chi connectivity index (χ2n) is 5.41. The van der Waals surface area contributed by atoms with E-state index in [0.717, 1.165) is 12.8 Å². The highest BCUT2D eigenvalue weighted by molar-refractivity contribution is 7.89. The molecule has 3 rings (SSSR count). The fraction of sp³-hybridized carbons (Fsp3) is 0.429. The Kier molecular flexibility index (Phi) is 4.22. The van der Waals surface area contributed by atoms with Gasteiger partial charge in [-0.1, -0.05) is 11.3 Å². The predicted molar refractivity (Wildman–Crippen MR) is 81.6 cm³/mol. The van der Waals surface area contributed by atoms with E-state index >= 15 is 0 Å². The van der Waals surface area contributed by atoms with E-state index in [1.807, 2.05) is 0 Å². The summed E-state index contributed by atoms with van der Waals surface area (Å²) >= 11 is 0. The maximum atomic E-state index is 12.4. The summed E-state index contributed by atoms with van der Waals surface area (Å²) in [5, 5.41) is 17.8. The van der Waals surface area contributed by atoms with Crippen molar-refractivity contribution in [2.75, 3.05) is 7.11 Å². The van der Waals surface area contributed by atoms with Gasteiger partial charge in [-0.05, 0) is 31.4 Å². The number of aromatic hydroxyl groups is 1. The molecule has 1 aliphatic carbocycles. The molecule has 0 amide bonds. The Morgan fingerprint density at radius 3 is 2.87 bits per heavy atom. The summed E-state index contributed by atoms with van der Waals surface area (Å²) < 4.78 is 34.0. The molecule has 1 fully saturated rings. The summed E-state index contributed by atoms with van der Waals surface area (Å²) in [5.41, 5.74) is 0.523. The molecule has 23 heavy (non-hydrogen) atoms. The van der Waals surface area contributed by atoms with Crippen LogP contribution in [0.3, 0.4) is 0 Å². The quantitative estimate of drug-likeness (QED) is 0.819. The summed E-state index contributed by atoms with van der Waals surface area (Å²) in [5.74, 6) is -0.286. The minimum atomic E-state index is -3.94. The van der Waals surface area contributed by atoms with Gasteiger partial charge in [0.15, 0.2) is 4.90 Å². The number of aromatic nitrogens is 3. The maximum absolute atomic E-state index is 12.4. The number of benzene rings is 1. The number of rotatable bonds is 6. The van der Waals surface area contributed by atoms with Crippen LogP contribution in [0, 0.1) is 0 Å². The van der Waals surface area contributed by atoms with Crippen LogP contribution in [-0.2, 0) is 16.6 Å². The molecular weight excluding hydrogens is 320 g/mol. The van der Waals surface area contributed by atoms with E-state index in [1.54, 1.807) is 10.9 Å². The Labute approximate surface area is 134 Å². The molecule has 8 nitrogen and oxygen atoms in total. The number of hydrogen-bond donors (Lipinski definition) is 2. The van der Waals surface area contributed by atoms with Gasteiger partial charge in [0, 0.05) is 0 Å².